The molecule has 1 atom stereocenters. The molecule has 0 spiro atoms. The van der Waals surface area contributed by atoms with Gasteiger partial charge < -0.3 is 22.1 Å². The zero-order valence-electron chi connectivity index (χ0n) is 8.18. The van der Waals surface area contributed by atoms with Crippen LogP contribution in [0, 0.1) is 0 Å². The van der Waals surface area contributed by atoms with Gasteiger partial charge in [-0.2, -0.15) is 0 Å². The van der Waals surface area contributed by atoms with E-state index < -0.39 is 0 Å². The summed E-state index contributed by atoms with van der Waals surface area (Å²) < 4.78 is 0. The first-order valence-electron chi connectivity index (χ1n) is 4.64. The van der Waals surface area contributed by atoms with Crippen molar-refractivity contribution in [2.24, 2.45) is 5.73 Å². The summed E-state index contributed by atoms with van der Waals surface area (Å²) in [4.78, 5) is 17.0. The number of hydrogen-bond donors (Lipinski definition) is 3. The predicted molar refractivity (Wildman–Crippen MR) is 58.0 cm³/mol. The van der Waals surface area contributed by atoms with Crippen molar-refractivity contribution in [3.63, 3.8) is 0 Å². The molecule has 6 N–H and O–H groups in total. The fourth-order valence-electron chi connectivity index (χ4n) is 1.75. The van der Waals surface area contributed by atoms with Crippen molar-refractivity contribution in [2.45, 2.75) is 12.5 Å². The summed E-state index contributed by atoms with van der Waals surface area (Å²) in [5.74, 6) is -0.0490. The topological polar surface area (TPSA) is 111 Å². The van der Waals surface area contributed by atoms with E-state index in [-0.39, 0.29) is 11.9 Å². The Hall–Kier alpha value is -1.82. The van der Waals surface area contributed by atoms with Crippen molar-refractivity contribution >= 4 is 23.0 Å². The van der Waals surface area contributed by atoms with Crippen LogP contribution in [0.3, 0.4) is 0 Å². The van der Waals surface area contributed by atoms with E-state index in [0.29, 0.717) is 30.0 Å². The number of anilines is 3. The Morgan fingerprint density at radius 2 is 1.93 bits per heavy atom. The third-order valence-electron chi connectivity index (χ3n) is 2.40. The number of rotatable bonds is 1. The van der Waals surface area contributed by atoms with E-state index in [9.17, 15) is 4.79 Å². The van der Waals surface area contributed by atoms with Crippen LogP contribution in [0.25, 0.3) is 0 Å². The molecule has 1 fully saturated rings. The highest BCUT2D eigenvalue weighted by atomic mass is 16.2. The lowest BCUT2D eigenvalue weighted by Crippen LogP contribution is -2.29. The largest absolute Gasteiger partial charge is 0.396 e. The molecule has 1 aromatic heterocycles. The third kappa shape index (κ3) is 1.59. The molecule has 2 heterocycles. The van der Waals surface area contributed by atoms with Crippen molar-refractivity contribution in [3.05, 3.63) is 12.4 Å². The van der Waals surface area contributed by atoms with Gasteiger partial charge in [-0.25, -0.2) is 0 Å². The molecule has 0 aliphatic carbocycles. The monoisotopic (exact) mass is 207 g/mol. The summed E-state index contributed by atoms with van der Waals surface area (Å²) in [7, 11) is 0. The molecule has 80 valence electrons. The minimum absolute atomic E-state index is 0.0490. The van der Waals surface area contributed by atoms with Gasteiger partial charge in [0.1, 0.15) is 0 Å². The molecule has 1 aliphatic rings. The Kier molecular flexibility index (Phi) is 2.20. The highest BCUT2D eigenvalue weighted by Crippen LogP contribution is 2.31. The molecular weight excluding hydrogens is 194 g/mol. The lowest BCUT2D eigenvalue weighted by molar-refractivity contribution is -0.117. The average molecular weight is 207 g/mol. The highest BCUT2D eigenvalue weighted by molar-refractivity contribution is 6.02. The van der Waals surface area contributed by atoms with Crippen LogP contribution >= 0.6 is 0 Å². The van der Waals surface area contributed by atoms with Crippen molar-refractivity contribution < 1.29 is 4.79 Å². The second-order valence-corrected chi connectivity index (χ2v) is 3.64. The lowest BCUT2D eigenvalue weighted by Gasteiger charge is -2.19. The molecule has 1 aromatic rings. The molecule has 0 saturated carbocycles. The van der Waals surface area contributed by atoms with E-state index >= 15 is 0 Å². The van der Waals surface area contributed by atoms with E-state index in [4.69, 9.17) is 17.2 Å². The van der Waals surface area contributed by atoms with Gasteiger partial charge in [0, 0.05) is 19.0 Å². The Morgan fingerprint density at radius 1 is 1.33 bits per heavy atom. The molecule has 15 heavy (non-hydrogen) atoms. The Labute approximate surface area is 87.0 Å². The minimum Gasteiger partial charge on any atom is -0.396 e. The van der Waals surface area contributed by atoms with Gasteiger partial charge in [0.25, 0.3) is 0 Å². The van der Waals surface area contributed by atoms with Crippen LogP contribution in [-0.4, -0.2) is 23.5 Å². The van der Waals surface area contributed by atoms with Gasteiger partial charge in [-0.15, -0.1) is 0 Å². The molecule has 6 nitrogen and oxygen atoms in total. The molecule has 0 radical (unpaired) electrons. The van der Waals surface area contributed by atoms with Gasteiger partial charge in [0.2, 0.25) is 5.91 Å². The Bertz CT molecular complexity index is 385. The van der Waals surface area contributed by atoms with Crippen LogP contribution in [0.5, 0.6) is 0 Å². The second kappa shape index (κ2) is 3.39. The van der Waals surface area contributed by atoms with Crippen molar-refractivity contribution in [3.8, 4) is 0 Å². The molecular formula is C9H13N5O. The summed E-state index contributed by atoms with van der Waals surface area (Å²) in [6, 6.07) is -0.149. The number of hydrogen-bond acceptors (Lipinski definition) is 5. The van der Waals surface area contributed by atoms with Crippen LogP contribution in [0.15, 0.2) is 12.4 Å². The summed E-state index contributed by atoms with van der Waals surface area (Å²) in [6.07, 6.45) is 3.28. The maximum atomic E-state index is 11.6. The zero-order valence-corrected chi connectivity index (χ0v) is 8.18. The fraction of sp³-hybridized carbons (Fsp3) is 0.333. The molecule has 1 aliphatic heterocycles. The van der Waals surface area contributed by atoms with Crippen LogP contribution in [0.4, 0.5) is 17.1 Å². The van der Waals surface area contributed by atoms with Crippen molar-refractivity contribution in [1.29, 1.82) is 0 Å². The number of amides is 1. The van der Waals surface area contributed by atoms with E-state index in [1.165, 1.54) is 17.3 Å². The fourth-order valence-corrected chi connectivity index (χ4v) is 1.75. The number of carbonyl (C=O) groups is 1. The average Bonchev–Trinajstić information content (AvgIpc) is 2.45. The number of pyridine rings is 1. The number of aromatic nitrogens is 1. The number of nitrogen functional groups attached to an aromatic ring is 2. The molecule has 1 unspecified atom stereocenters. The van der Waals surface area contributed by atoms with E-state index in [1.807, 2.05) is 0 Å². The van der Waals surface area contributed by atoms with Crippen LogP contribution in [-0.2, 0) is 4.79 Å². The summed E-state index contributed by atoms with van der Waals surface area (Å²) in [5.41, 5.74) is 18.5. The molecule has 0 bridgehead atoms. The molecule has 1 amide bonds. The molecule has 2 rings (SSSR count). The van der Waals surface area contributed by atoms with Gasteiger partial charge >= 0.3 is 0 Å². The lowest BCUT2D eigenvalue weighted by atomic mass is 10.3. The minimum atomic E-state index is -0.149. The first-order valence-corrected chi connectivity index (χ1v) is 4.64. The maximum absolute atomic E-state index is 11.6. The highest BCUT2D eigenvalue weighted by Gasteiger charge is 2.30. The Balaban J connectivity index is 2.41. The van der Waals surface area contributed by atoms with Gasteiger partial charge in [-0.05, 0) is 0 Å². The van der Waals surface area contributed by atoms with Crippen LogP contribution < -0.4 is 22.1 Å². The van der Waals surface area contributed by atoms with E-state index in [0.717, 1.165) is 0 Å². The molecule has 0 aromatic carbocycles. The van der Waals surface area contributed by atoms with Crippen LogP contribution in [0.1, 0.15) is 6.42 Å². The quantitative estimate of drug-likeness (QED) is 0.564. The first kappa shape index (κ1) is 9.72. The number of nitrogens with zero attached hydrogens (tertiary/aromatic N) is 2. The molecule has 6 heteroatoms. The predicted octanol–water partition coefficient (Wildman–Crippen LogP) is -0.690. The molecule has 1 saturated heterocycles. The van der Waals surface area contributed by atoms with Gasteiger partial charge in [-0.1, -0.05) is 0 Å². The SMILES string of the molecule is Nc1cncc(N)c1N1CC(N)CC1=O. The van der Waals surface area contributed by atoms with Crippen LogP contribution in [0.2, 0.25) is 0 Å². The standard InChI is InChI=1S/C9H13N5O/c10-5-1-8(15)14(4-5)9-6(11)2-13-3-7(9)12/h2-3,5H,1,4,10-12H2. The van der Waals surface area contributed by atoms with Gasteiger partial charge in [-0.3, -0.25) is 9.78 Å². The van der Waals surface area contributed by atoms with E-state index in [2.05, 4.69) is 4.98 Å². The van der Waals surface area contributed by atoms with E-state index in [1.54, 1.807) is 0 Å². The van der Waals surface area contributed by atoms with Crippen molar-refractivity contribution in [1.82, 2.24) is 4.98 Å². The number of nitrogens with two attached hydrogens (primary N) is 3. The van der Waals surface area contributed by atoms with Gasteiger partial charge in [0.05, 0.1) is 29.5 Å². The van der Waals surface area contributed by atoms with Gasteiger partial charge in [0.15, 0.2) is 0 Å². The smallest absolute Gasteiger partial charge is 0.228 e. The zero-order chi connectivity index (χ0) is 11.0. The first-order chi connectivity index (χ1) is 7.09. The number of carbonyl (C=O) groups excluding carboxylic acids is 1. The maximum Gasteiger partial charge on any atom is 0.228 e. The third-order valence-corrected chi connectivity index (χ3v) is 2.40. The second-order valence-electron chi connectivity index (χ2n) is 3.64. The summed E-state index contributed by atoms with van der Waals surface area (Å²) >= 11 is 0. The summed E-state index contributed by atoms with van der Waals surface area (Å²) in [5, 5.41) is 0. The Morgan fingerprint density at radius 3 is 2.40 bits per heavy atom. The summed E-state index contributed by atoms with van der Waals surface area (Å²) in [6.45, 7) is 0.456. The van der Waals surface area contributed by atoms with Crippen molar-refractivity contribution in [2.75, 3.05) is 22.9 Å². The normalized spacial score (nSPS) is 21.0.